The molecule has 0 saturated heterocycles. The van der Waals surface area contributed by atoms with E-state index in [4.69, 9.17) is 9.84 Å². The average molecular weight is 376 g/mol. The monoisotopic (exact) mass is 376 g/mol. The third-order valence-corrected chi connectivity index (χ3v) is 4.80. The predicted molar refractivity (Wildman–Crippen MR) is 100 cm³/mol. The number of aliphatic carboxylic acids is 1. The lowest BCUT2D eigenvalue weighted by Gasteiger charge is -2.28. The fourth-order valence-corrected chi connectivity index (χ4v) is 3.50. The van der Waals surface area contributed by atoms with Crippen molar-refractivity contribution in [1.29, 1.82) is 0 Å². The van der Waals surface area contributed by atoms with E-state index in [0.717, 1.165) is 5.56 Å². The molecule has 27 heavy (non-hydrogen) atoms. The van der Waals surface area contributed by atoms with E-state index in [9.17, 15) is 14.4 Å². The third kappa shape index (κ3) is 6.27. The molecule has 1 unspecified atom stereocenters. The first kappa shape index (κ1) is 20.7. The lowest BCUT2D eigenvalue weighted by molar-refractivity contribution is -0.142. The fraction of sp³-hybridized carbons (Fsp3) is 0.550. The minimum atomic E-state index is -0.766. The van der Waals surface area contributed by atoms with E-state index in [1.54, 1.807) is 0 Å². The molecule has 7 nitrogen and oxygen atoms in total. The van der Waals surface area contributed by atoms with Crippen molar-refractivity contribution >= 4 is 17.8 Å². The van der Waals surface area contributed by atoms with E-state index in [1.807, 2.05) is 31.2 Å². The van der Waals surface area contributed by atoms with Gasteiger partial charge in [-0.1, -0.05) is 18.2 Å². The van der Waals surface area contributed by atoms with Crippen LogP contribution in [0.5, 0.6) is 5.75 Å². The zero-order chi connectivity index (χ0) is 19.8. The third-order valence-electron chi connectivity index (χ3n) is 4.80. The van der Waals surface area contributed by atoms with E-state index in [1.165, 1.54) is 6.92 Å². The minimum absolute atomic E-state index is 0.0202. The maximum absolute atomic E-state index is 12.5. The highest BCUT2D eigenvalue weighted by Gasteiger charge is 2.28. The Labute approximate surface area is 159 Å². The van der Waals surface area contributed by atoms with Gasteiger partial charge in [0, 0.05) is 18.5 Å². The number of carbonyl (C=O) groups is 3. The molecule has 3 N–H and O–H groups in total. The topological polar surface area (TPSA) is 105 Å². The SMILES string of the molecule is CCOc1ccccc1C(CC(=O)NC1CCC(C(=O)O)CC1)NC(C)=O. The van der Waals surface area contributed by atoms with Crippen molar-refractivity contribution in [3.05, 3.63) is 29.8 Å². The molecule has 1 aromatic rings. The second-order valence-corrected chi connectivity index (χ2v) is 6.88. The Balaban J connectivity index is 2.01. The highest BCUT2D eigenvalue weighted by molar-refractivity contribution is 5.79. The van der Waals surface area contributed by atoms with Gasteiger partial charge in [-0.2, -0.15) is 0 Å². The molecule has 2 amide bonds. The lowest BCUT2D eigenvalue weighted by atomic mass is 9.86. The Bertz CT molecular complexity index is 668. The summed E-state index contributed by atoms with van der Waals surface area (Å²) in [5.74, 6) is -0.824. The van der Waals surface area contributed by atoms with Gasteiger partial charge in [-0.15, -0.1) is 0 Å². The van der Waals surface area contributed by atoms with Gasteiger partial charge in [0.05, 0.1) is 25.0 Å². The van der Waals surface area contributed by atoms with Crippen LogP contribution < -0.4 is 15.4 Å². The maximum Gasteiger partial charge on any atom is 0.306 e. The molecule has 2 rings (SSSR count). The van der Waals surface area contributed by atoms with Gasteiger partial charge in [-0.3, -0.25) is 14.4 Å². The molecule has 1 aliphatic rings. The summed E-state index contributed by atoms with van der Waals surface area (Å²) in [4.78, 5) is 35.2. The quantitative estimate of drug-likeness (QED) is 0.646. The maximum atomic E-state index is 12.5. The van der Waals surface area contributed by atoms with Gasteiger partial charge in [-0.25, -0.2) is 0 Å². The highest BCUT2D eigenvalue weighted by atomic mass is 16.5. The number of nitrogens with one attached hydrogen (secondary N) is 2. The van der Waals surface area contributed by atoms with Crippen LogP contribution in [0, 0.1) is 5.92 Å². The van der Waals surface area contributed by atoms with Crippen LogP contribution in [0.3, 0.4) is 0 Å². The average Bonchev–Trinajstić information content (AvgIpc) is 2.62. The summed E-state index contributed by atoms with van der Waals surface area (Å²) < 4.78 is 5.63. The Morgan fingerprint density at radius 3 is 2.44 bits per heavy atom. The Morgan fingerprint density at radius 2 is 1.85 bits per heavy atom. The van der Waals surface area contributed by atoms with Crippen molar-refractivity contribution in [3.8, 4) is 5.75 Å². The Kier molecular flexibility index (Phi) is 7.64. The van der Waals surface area contributed by atoms with Crippen molar-refractivity contribution in [1.82, 2.24) is 10.6 Å². The summed E-state index contributed by atoms with van der Waals surface area (Å²) in [5.41, 5.74) is 0.763. The molecule has 148 valence electrons. The number of para-hydroxylation sites is 1. The van der Waals surface area contributed by atoms with E-state index >= 15 is 0 Å². The molecule has 0 spiro atoms. The summed E-state index contributed by atoms with van der Waals surface area (Å²) in [5, 5.41) is 14.9. The van der Waals surface area contributed by atoms with Crippen molar-refractivity contribution in [3.63, 3.8) is 0 Å². The Hall–Kier alpha value is -2.57. The highest BCUT2D eigenvalue weighted by Crippen LogP contribution is 2.28. The molecular formula is C20H28N2O5. The summed E-state index contributed by atoms with van der Waals surface area (Å²) in [6, 6.07) is 6.85. The zero-order valence-electron chi connectivity index (χ0n) is 15.9. The number of carbonyl (C=O) groups excluding carboxylic acids is 2. The van der Waals surface area contributed by atoms with Crippen LogP contribution in [0.2, 0.25) is 0 Å². The van der Waals surface area contributed by atoms with E-state index in [0.29, 0.717) is 38.0 Å². The van der Waals surface area contributed by atoms with Gasteiger partial charge in [-0.05, 0) is 38.7 Å². The largest absolute Gasteiger partial charge is 0.494 e. The summed E-state index contributed by atoms with van der Waals surface area (Å²) in [6.45, 7) is 3.79. The minimum Gasteiger partial charge on any atom is -0.494 e. The van der Waals surface area contributed by atoms with Gasteiger partial charge in [0.2, 0.25) is 11.8 Å². The van der Waals surface area contributed by atoms with Crippen molar-refractivity contribution < 1.29 is 24.2 Å². The second-order valence-electron chi connectivity index (χ2n) is 6.88. The predicted octanol–water partition coefficient (Wildman–Crippen LogP) is 2.41. The van der Waals surface area contributed by atoms with Gasteiger partial charge < -0.3 is 20.5 Å². The number of benzene rings is 1. The van der Waals surface area contributed by atoms with Crippen LogP contribution in [0.1, 0.15) is 57.6 Å². The number of carboxylic acids is 1. The number of amides is 2. The van der Waals surface area contributed by atoms with Crippen LogP contribution in [0.4, 0.5) is 0 Å². The van der Waals surface area contributed by atoms with E-state index in [-0.39, 0.29) is 30.2 Å². The van der Waals surface area contributed by atoms with Crippen LogP contribution in [-0.4, -0.2) is 35.5 Å². The number of rotatable bonds is 8. The first-order valence-electron chi connectivity index (χ1n) is 9.41. The second kappa shape index (κ2) is 9.94. The summed E-state index contributed by atoms with van der Waals surface area (Å²) in [6.07, 6.45) is 2.56. The molecule has 1 fully saturated rings. The first-order valence-corrected chi connectivity index (χ1v) is 9.41. The van der Waals surface area contributed by atoms with E-state index in [2.05, 4.69) is 10.6 Å². The molecular weight excluding hydrogens is 348 g/mol. The van der Waals surface area contributed by atoms with Crippen LogP contribution in [-0.2, 0) is 14.4 Å². The number of ether oxygens (including phenoxy) is 1. The smallest absolute Gasteiger partial charge is 0.306 e. The molecule has 0 bridgehead atoms. The molecule has 1 aliphatic carbocycles. The summed E-state index contributed by atoms with van der Waals surface area (Å²) in [7, 11) is 0. The zero-order valence-corrected chi connectivity index (χ0v) is 15.9. The van der Waals surface area contributed by atoms with Crippen LogP contribution in [0.15, 0.2) is 24.3 Å². The summed E-state index contributed by atoms with van der Waals surface area (Å²) >= 11 is 0. The molecule has 0 radical (unpaired) electrons. The molecule has 1 aromatic carbocycles. The number of hydrogen-bond acceptors (Lipinski definition) is 4. The number of carboxylic acid groups (broad SMARTS) is 1. The van der Waals surface area contributed by atoms with Crippen molar-refractivity contribution in [2.75, 3.05) is 6.61 Å². The first-order chi connectivity index (χ1) is 12.9. The Morgan fingerprint density at radius 1 is 1.19 bits per heavy atom. The molecule has 7 heteroatoms. The van der Waals surface area contributed by atoms with Crippen molar-refractivity contribution in [2.45, 2.75) is 58.0 Å². The van der Waals surface area contributed by atoms with Crippen molar-refractivity contribution in [2.24, 2.45) is 5.92 Å². The fourth-order valence-electron chi connectivity index (χ4n) is 3.50. The van der Waals surface area contributed by atoms with Gasteiger partial charge in [0.15, 0.2) is 0 Å². The molecule has 0 aromatic heterocycles. The van der Waals surface area contributed by atoms with Crippen LogP contribution >= 0.6 is 0 Å². The van der Waals surface area contributed by atoms with Gasteiger partial charge in [0.1, 0.15) is 5.75 Å². The van der Waals surface area contributed by atoms with E-state index < -0.39 is 12.0 Å². The standard InChI is InChI=1S/C20H28N2O5/c1-3-27-18-7-5-4-6-16(18)17(21-13(2)23)12-19(24)22-15-10-8-14(9-11-15)20(25)26/h4-7,14-15,17H,3,8-12H2,1-2H3,(H,21,23)(H,22,24)(H,25,26). The molecule has 0 heterocycles. The normalized spacial score (nSPS) is 20.4. The van der Waals surface area contributed by atoms with Gasteiger partial charge in [0.25, 0.3) is 0 Å². The molecule has 1 saturated carbocycles. The molecule has 1 atom stereocenters. The lowest BCUT2D eigenvalue weighted by Crippen LogP contribution is -2.40. The van der Waals surface area contributed by atoms with Crippen LogP contribution in [0.25, 0.3) is 0 Å². The molecule has 0 aliphatic heterocycles. The van der Waals surface area contributed by atoms with Gasteiger partial charge >= 0.3 is 5.97 Å². The number of hydrogen-bond donors (Lipinski definition) is 3.